The fourth-order valence-corrected chi connectivity index (χ4v) is 2.53. The number of anilines is 2. The fourth-order valence-electron chi connectivity index (χ4n) is 2.53. The van der Waals surface area contributed by atoms with E-state index in [1.165, 1.54) is 0 Å². The van der Waals surface area contributed by atoms with Gasteiger partial charge >= 0.3 is 0 Å². The fraction of sp³-hybridized carbons (Fsp3) is 0.600. The molecule has 1 heterocycles. The van der Waals surface area contributed by atoms with Gasteiger partial charge in [-0.25, -0.2) is 4.98 Å². The summed E-state index contributed by atoms with van der Waals surface area (Å²) in [5, 5.41) is 22.6. The molecule has 4 N–H and O–H groups in total. The first-order valence-corrected chi connectivity index (χ1v) is 6.96. The number of nitrogens with zero attached hydrogens (tertiary/aromatic N) is 2. The third-order valence-electron chi connectivity index (χ3n) is 4.23. The maximum atomic E-state index is 10.6. The van der Waals surface area contributed by atoms with Crippen molar-refractivity contribution < 1.29 is 5.11 Å². The molecule has 108 valence electrons. The quantitative estimate of drug-likeness (QED) is 0.786. The van der Waals surface area contributed by atoms with Crippen LogP contribution in [0.3, 0.4) is 0 Å². The van der Waals surface area contributed by atoms with Crippen LogP contribution < -0.4 is 11.1 Å². The number of pyridine rings is 1. The summed E-state index contributed by atoms with van der Waals surface area (Å²) in [7, 11) is 0. The number of nitrogens with two attached hydrogens (primary N) is 1. The topological polar surface area (TPSA) is 95.0 Å². The Hall–Kier alpha value is -1.80. The molecule has 0 spiro atoms. The Kier molecular flexibility index (Phi) is 3.87. The molecule has 5 nitrogen and oxygen atoms in total. The van der Waals surface area contributed by atoms with Gasteiger partial charge in [0, 0.05) is 12.7 Å². The zero-order valence-corrected chi connectivity index (χ0v) is 12.1. The van der Waals surface area contributed by atoms with Crippen molar-refractivity contribution in [3.8, 4) is 6.07 Å². The number of nitriles is 1. The summed E-state index contributed by atoms with van der Waals surface area (Å²) in [4.78, 5) is 4.13. The molecular formula is C15H22N4O. The van der Waals surface area contributed by atoms with E-state index in [1.54, 1.807) is 12.3 Å². The van der Waals surface area contributed by atoms with Crippen molar-refractivity contribution in [3.05, 3.63) is 17.8 Å². The second-order valence-corrected chi connectivity index (χ2v) is 6.47. The molecule has 0 bridgehead atoms. The van der Waals surface area contributed by atoms with E-state index in [4.69, 9.17) is 11.0 Å². The molecule has 0 aromatic carbocycles. The molecule has 1 fully saturated rings. The van der Waals surface area contributed by atoms with Crippen LogP contribution in [0.2, 0.25) is 0 Å². The van der Waals surface area contributed by atoms with E-state index in [9.17, 15) is 5.11 Å². The molecule has 2 rings (SSSR count). The standard InChI is InChI=1S/C15H22N4O/c1-14(2)4-6-15(20,7-5-14)10-19-13-12(17)11(9-16)3-8-18-13/h3,8,20H,4-7,10,17H2,1-2H3,(H,18,19). The number of aliphatic hydroxyl groups is 1. The number of nitrogens with one attached hydrogen (secondary N) is 1. The third-order valence-corrected chi connectivity index (χ3v) is 4.23. The SMILES string of the molecule is CC1(C)CCC(O)(CNc2nccc(C#N)c2N)CC1. The maximum absolute atomic E-state index is 10.6. The first-order valence-electron chi connectivity index (χ1n) is 6.96. The van der Waals surface area contributed by atoms with Crippen molar-refractivity contribution in [2.45, 2.75) is 45.1 Å². The summed E-state index contributed by atoms with van der Waals surface area (Å²) in [6.45, 7) is 4.88. The van der Waals surface area contributed by atoms with Crippen molar-refractivity contribution in [1.82, 2.24) is 4.98 Å². The molecule has 1 aliphatic carbocycles. The molecule has 0 amide bonds. The van der Waals surface area contributed by atoms with Gasteiger partial charge in [0.1, 0.15) is 6.07 Å². The Bertz CT molecular complexity index is 523. The van der Waals surface area contributed by atoms with E-state index in [2.05, 4.69) is 24.1 Å². The molecular weight excluding hydrogens is 252 g/mol. The van der Waals surface area contributed by atoms with Crippen molar-refractivity contribution in [2.24, 2.45) is 5.41 Å². The summed E-state index contributed by atoms with van der Waals surface area (Å²) in [5.74, 6) is 0.474. The van der Waals surface area contributed by atoms with E-state index >= 15 is 0 Å². The summed E-state index contributed by atoms with van der Waals surface area (Å²) in [6, 6.07) is 3.61. The molecule has 1 saturated carbocycles. The second-order valence-electron chi connectivity index (χ2n) is 6.47. The Balaban J connectivity index is 2.01. The van der Waals surface area contributed by atoms with Gasteiger partial charge in [-0.05, 0) is 37.2 Å². The van der Waals surface area contributed by atoms with Crippen molar-refractivity contribution in [2.75, 3.05) is 17.6 Å². The molecule has 1 aliphatic rings. The molecule has 0 aliphatic heterocycles. The van der Waals surface area contributed by atoms with E-state index in [1.807, 2.05) is 6.07 Å². The van der Waals surface area contributed by atoms with Gasteiger partial charge in [-0.2, -0.15) is 5.26 Å². The van der Waals surface area contributed by atoms with E-state index in [-0.39, 0.29) is 0 Å². The molecule has 0 radical (unpaired) electrons. The lowest BCUT2D eigenvalue weighted by atomic mass is 9.71. The minimum Gasteiger partial charge on any atom is -0.395 e. The minimum absolute atomic E-state index is 0.310. The van der Waals surface area contributed by atoms with Crippen LogP contribution >= 0.6 is 0 Å². The number of rotatable bonds is 3. The highest BCUT2D eigenvalue weighted by Gasteiger charge is 2.36. The van der Waals surface area contributed by atoms with Crippen molar-refractivity contribution >= 4 is 11.5 Å². The largest absolute Gasteiger partial charge is 0.395 e. The van der Waals surface area contributed by atoms with Crippen LogP contribution in [0.1, 0.15) is 45.1 Å². The minimum atomic E-state index is -0.716. The van der Waals surface area contributed by atoms with Gasteiger partial charge in [-0.3, -0.25) is 0 Å². The molecule has 20 heavy (non-hydrogen) atoms. The number of nitrogen functional groups attached to an aromatic ring is 1. The third kappa shape index (κ3) is 3.20. The van der Waals surface area contributed by atoms with Crippen LogP contribution in [0.25, 0.3) is 0 Å². The Morgan fingerprint density at radius 1 is 1.40 bits per heavy atom. The summed E-state index contributed by atoms with van der Waals surface area (Å²) in [6.07, 6.45) is 5.10. The Labute approximate surface area is 119 Å². The smallest absolute Gasteiger partial charge is 0.150 e. The normalized spacial score (nSPS) is 20.1. The van der Waals surface area contributed by atoms with Crippen LogP contribution in [0.4, 0.5) is 11.5 Å². The Morgan fingerprint density at radius 3 is 2.65 bits per heavy atom. The van der Waals surface area contributed by atoms with Gasteiger partial charge < -0.3 is 16.2 Å². The number of hydrogen-bond donors (Lipinski definition) is 3. The van der Waals surface area contributed by atoms with E-state index < -0.39 is 5.60 Å². The zero-order valence-electron chi connectivity index (χ0n) is 12.1. The molecule has 5 heteroatoms. The van der Waals surface area contributed by atoms with Gasteiger partial charge in [-0.1, -0.05) is 13.8 Å². The van der Waals surface area contributed by atoms with Crippen LogP contribution in [-0.4, -0.2) is 22.2 Å². The van der Waals surface area contributed by atoms with Crippen LogP contribution in [0.15, 0.2) is 12.3 Å². The molecule has 0 saturated heterocycles. The lowest BCUT2D eigenvalue weighted by Crippen LogP contribution is -2.42. The van der Waals surface area contributed by atoms with Gasteiger partial charge in [0.25, 0.3) is 0 Å². The van der Waals surface area contributed by atoms with Crippen molar-refractivity contribution in [1.29, 1.82) is 5.26 Å². The lowest BCUT2D eigenvalue weighted by Gasteiger charge is -2.40. The lowest BCUT2D eigenvalue weighted by molar-refractivity contribution is -0.0145. The van der Waals surface area contributed by atoms with Gasteiger partial charge in [0.2, 0.25) is 0 Å². The Morgan fingerprint density at radius 2 is 2.05 bits per heavy atom. The highest BCUT2D eigenvalue weighted by Crippen LogP contribution is 2.40. The maximum Gasteiger partial charge on any atom is 0.150 e. The molecule has 1 aromatic heterocycles. The number of aromatic nitrogens is 1. The van der Waals surface area contributed by atoms with Crippen LogP contribution in [-0.2, 0) is 0 Å². The van der Waals surface area contributed by atoms with E-state index in [0.29, 0.717) is 29.0 Å². The van der Waals surface area contributed by atoms with E-state index in [0.717, 1.165) is 25.7 Å². The molecule has 0 unspecified atom stereocenters. The highest BCUT2D eigenvalue weighted by molar-refractivity contribution is 5.68. The summed E-state index contributed by atoms with van der Waals surface area (Å²) >= 11 is 0. The molecule has 1 aromatic rings. The van der Waals surface area contributed by atoms with Crippen LogP contribution in [0.5, 0.6) is 0 Å². The van der Waals surface area contributed by atoms with Crippen molar-refractivity contribution in [3.63, 3.8) is 0 Å². The average Bonchev–Trinajstić information content (AvgIpc) is 2.42. The van der Waals surface area contributed by atoms with Gasteiger partial charge in [0.05, 0.1) is 16.9 Å². The predicted octanol–water partition coefficient (Wildman–Crippen LogP) is 2.28. The highest BCUT2D eigenvalue weighted by atomic mass is 16.3. The second kappa shape index (κ2) is 5.29. The average molecular weight is 274 g/mol. The molecule has 0 atom stereocenters. The summed E-state index contributed by atoms with van der Waals surface area (Å²) < 4.78 is 0. The zero-order chi connectivity index (χ0) is 14.8. The van der Waals surface area contributed by atoms with Gasteiger partial charge in [-0.15, -0.1) is 0 Å². The first-order chi connectivity index (χ1) is 9.35. The monoisotopic (exact) mass is 274 g/mol. The predicted molar refractivity (Wildman–Crippen MR) is 79.1 cm³/mol. The van der Waals surface area contributed by atoms with Gasteiger partial charge in [0.15, 0.2) is 5.82 Å². The number of hydrogen-bond acceptors (Lipinski definition) is 5. The first kappa shape index (κ1) is 14.6. The summed E-state index contributed by atoms with van der Waals surface area (Å²) in [5.41, 5.74) is 6.20. The van der Waals surface area contributed by atoms with Crippen LogP contribution in [0, 0.1) is 16.7 Å².